The summed E-state index contributed by atoms with van der Waals surface area (Å²) in [6.45, 7) is 2.64. The van der Waals surface area contributed by atoms with Crippen LogP contribution in [0, 0.1) is 0 Å². The molecule has 3 aliphatic heterocycles. The van der Waals surface area contributed by atoms with Crippen molar-refractivity contribution in [2.75, 3.05) is 25.4 Å². The zero-order valence-corrected chi connectivity index (χ0v) is 12.6. The number of carbonyl (C=O) groups is 3. The quantitative estimate of drug-likeness (QED) is 0.756. The van der Waals surface area contributed by atoms with E-state index in [2.05, 4.69) is 0 Å². The second-order valence-corrected chi connectivity index (χ2v) is 7.25. The molecular weight excluding hydrogens is 296 g/mol. The summed E-state index contributed by atoms with van der Waals surface area (Å²) in [4.78, 5) is 38.7. The van der Waals surface area contributed by atoms with Crippen molar-refractivity contribution in [3.8, 4) is 0 Å². The topological polar surface area (TPSA) is 87.2 Å². The maximum absolute atomic E-state index is 12.7. The fourth-order valence-electron chi connectivity index (χ4n) is 3.21. The third-order valence-electron chi connectivity index (χ3n) is 4.38. The molecule has 3 aliphatic rings. The molecule has 3 heterocycles. The minimum atomic E-state index is -1.06. The molecule has 1 N–H and O–H groups in total. The SMILES string of the molecule is C[C@]12CCC(=O)N1[C@H](C(=O)N1CCO[C@H](C(=O)O)C1)CS2. The highest BCUT2D eigenvalue weighted by atomic mass is 32.2. The number of carbonyl (C=O) groups excluding carboxylic acids is 2. The van der Waals surface area contributed by atoms with E-state index in [1.807, 2.05) is 6.92 Å². The molecule has 8 heteroatoms. The van der Waals surface area contributed by atoms with E-state index in [9.17, 15) is 14.4 Å². The molecule has 0 aromatic carbocycles. The van der Waals surface area contributed by atoms with E-state index in [0.29, 0.717) is 18.7 Å². The fourth-order valence-corrected chi connectivity index (χ4v) is 4.64. The van der Waals surface area contributed by atoms with Crippen LogP contribution in [0.15, 0.2) is 0 Å². The Kier molecular flexibility index (Phi) is 3.61. The van der Waals surface area contributed by atoms with Gasteiger partial charge in [0.2, 0.25) is 11.8 Å². The minimum Gasteiger partial charge on any atom is -0.479 e. The van der Waals surface area contributed by atoms with Crippen molar-refractivity contribution in [3.05, 3.63) is 0 Å². The lowest BCUT2D eigenvalue weighted by atomic mass is 10.1. The summed E-state index contributed by atoms with van der Waals surface area (Å²) in [6, 6.07) is -0.470. The Balaban J connectivity index is 1.73. The maximum atomic E-state index is 12.7. The molecule has 0 aromatic heterocycles. The van der Waals surface area contributed by atoms with E-state index in [1.165, 1.54) is 4.90 Å². The predicted molar refractivity (Wildman–Crippen MR) is 74.7 cm³/mol. The van der Waals surface area contributed by atoms with Crippen LogP contribution in [0.4, 0.5) is 0 Å². The van der Waals surface area contributed by atoms with Crippen LogP contribution < -0.4 is 0 Å². The summed E-state index contributed by atoms with van der Waals surface area (Å²) < 4.78 is 5.13. The number of rotatable bonds is 2. The van der Waals surface area contributed by atoms with Gasteiger partial charge in [0.1, 0.15) is 6.04 Å². The molecule has 0 unspecified atom stereocenters. The smallest absolute Gasteiger partial charge is 0.334 e. The third kappa shape index (κ3) is 2.40. The van der Waals surface area contributed by atoms with Crippen molar-refractivity contribution in [3.63, 3.8) is 0 Å². The van der Waals surface area contributed by atoms with Gasteiger partial charge in [0, 0.05) is 18.7 Å². The second kappa shape index (κ2) is 5.17. The number of amides is 2. The van der Waals surface area contributed by atoms with Crippen molar-refractivity contribution < 1.29 is 24.2 Å². The summed E-state index contributed by atoms with van der Waals surface area (Å²) >= 11 is 1.64. The van der Waals surface area contributed by atoms with E-state index >= 15 is 0 Å². The highest BCUT2D eigenvalue weighted by Gasteiger charge is 2.53. The van der Waals surface area contributed by atoms with Gasteiger partial charge in [-0.3, -0.25) is 9.59 Å². The number of hydrogen-bond donors (Lipinski definition) is 1. The summed E-state index contributed by atoms with van der Waals surface area (Å²) in [7, 11) is 0. The molecule has 0 aromatic rings. The van der Waals surface area contributed by atoms with Gasteiger partial charge in [0.25, 0.3) is 0 Å². The monoisotopic (exact) mass is 314 g/mol. The lowest BCUT2D eigenvalue weighted by Crippen LogP contribution is -2.56. The Morgan fingerprint density at radius 3 is 2.95 bits per heavy atom. The molecule has 21 heavy (non-hydrogen) atoms. The summed E-state index contributed by atoms with van der Waals surface area (Å²) in [5.41, 5.74) is 0. The molecular formula is C13H18N2O5S. The maximum Gasteiger partial charge on any atom is 0.334 e. The number of fused-ring (bicyclic) bond motifs is 1. The van der Waals surface area contributed by atoms with Gasteiger partial charge in [-0.15, -0.1) is 11.8 Å². The molecule has 2 amide bonds. The number of carboxylic acid groups (broad SMARTS) is 1. The Bertz CT molecular complexity index is 499. The first kappa shape index (κ1) is 14.6. The normalized spacial score (nSPS) is 36.0. The molecule has 0 aliphatic carbocycles. The van der Waals surface area contributed by atoms with Crippen LogP contribution in [0.2, 0.25) is 0 Å². The zero-order valence-electron chi connectivity index (χ0n) is 11.8. The second-order valence-electron chi connectivity index (χ2n) is 5.75. The first-order valence-electron chi connectivity index (χ1n) is 7.02. The average Bonchev–Trinajstić information content (AvgIpc) is 2.95. The standard InChI is InChI=1S/C13H18N2O5S/c1-13-3-2-10(16)15(13)8(7-21-13)11(17)14-4-5-20-9(6-14)12(18)19/h8-9H,2-7H2,1H3,(H,18,19)/t8-,9-,13-/m0/s1. The number of thioether (sulfide) groups is 1. The Labute approximate surface area is 126 Å². The largest absolute Gasteiger partial charge is 0.479 e. The molecule has 3 saturated heterocycles. The van der Waals surface area contributed by atoms with Crippen LogP contribution in [-0.4, -0.2) is 75.2 Å². The van der Waals surface area contributed by atoms with Gasteiger partial charge in [-0.25, -0.2) is 4.79 Å². The Morgan fingerprint density at radius 1 is 1.48 bits per heavy atom. The molecule has 0 radical (unpaired) electrons. The Morgan fingerprint density at radius 2 is 2.24 bits per heavy atom. The number of ether oxygens (including phenoxy) is 1. The minimum absolute atomic E-state index is 0.0175. The van der Waals surface area contributed by atoms with Gasteiger partial charge in [0.15, 0.2) is 6.10 Å². The Hall–Kier alpha value is -1.28. The molecule has 3 atom stereocenters. The molecule has 7 nitrogen and oxygen atoms in total. The average molecular weight is 314 g/mol. The lowest BCUT2D eigenvalue weighted by Gasteiger charge is -2.36. The number of morpholine rings is 1. The van der Waals surface area contributed by atoms with Crippen molar-refractivity contribution in [1.29, 1.82) is 0 Å². The summed E-state index contributed by atoms with van der Waals surface area (Å²) in [5, 5.41) is 9.00. The first-order valence-corrected chi connectivity index (χ1v) is 8.00. The first-order chi connectivity index (χ1) is 9.92. The fraction of sp³-hybridized carbons (Fsp3) is 0.769. The van der Waals surface area contributed by atoms with Crippen molar-refractivity contribution in [1.82, 2.24) is 9.80 Å². The van der Waals surface area contributed by atoms with Gasteiger partial charge in [-0.2, -0.15) is 0 Å². The number of nitrogens with zero attached hydrogens (tertiary/aromatic N) is 2. The van der Waals surface area contributed by atoms with Crippen molar-refractivity contribution in [2.24, 2.45) is 0 Å². The van der Waals surface area contributed by atoms with Gasteiger partial charge >= 0.3 is 5.97 Å². The molecule has 0 saturated carbocycles. The predicted octanol–water partition coefficient (Wildman–Crippen LogP) is -0.248. The lowest BCUT2D eigenvalue weighted by molar-refractivity contribution is -0.161. The number of hydrogen-bond acceptors (Lipinski definition) is 5. The van der Waals surface area contributed by atoms with Gasteiger partial charge < -0.3 is 19.6 Å². The van der Waals surface area contributed by atoms with E-state index < -0.39 is 18.1 Å². The molecule has 3 fully saturated rings. The van der Waals surface area contributed by atoms with E-state index in [1.54, 1.807) is 16.7 Å². The molecule has 0 bridgehead atoms. The van der Waals surface area contributed by atoms with E-state index in [-0.39, 0.29) is 29.8 Å². The van der Waals surface area contributed by atoms with Crippen LogP contribution >= 0.6 is 11.8 Å². The van der Waals surface area contributed by atoms with Crippen molar-refractivity contribution >= 4 is 29.5 Å². The van der Waals surface area contributed by atoms with Crippen LogP contribution in [-0.2, 0) is 19.1 Å². The highest BCUT2D eigenvalue weighted by Crippen LogP contribution is 2.47. The van der Waals surface area contributed by atoms with Crippen LogP contribution in [0.25, 0.3) is 0 Å². The number of aliphatic carboxylic acids is 1. The van der Waals surface area contributed by atoms with Crippen LogP contribution in [0.1, 0.15) is 19.8 Å². The molecule has 116 valence electrons. The number of carboxylic acids is 1. The summed E-state index contributed by atoms with van der Waals surface area (Å²) in [5.74, 6) is -0.619. The van der Waals surface area contributed by atoms with E-state index in [0.717, 1.165) is 6.42 Å². The van der Waals surface area contributed by atoms with Crippen LogP contribution in [0.3, 0.4) is 0 Å². The molecule has 0 spiro atoms. The van der Waals surface area contributed by atoms with E-state index in [4.69, 9.17) is 9.84 Å². The highest BCUT2D eigenvalue weighted by molar-refractivity contribution is 8.01. The van der Waals surface area contributed by atoms with Gasteiger partial charge in [-0.05, 0) is 13.3 Å². The van der Waals surface area contributed by atoms with Gasteiger partial charge in [0.05, 0.1) is 18.0 Å². The van der Waals surface area contributed by atoms with Crippen molar-refractivity contribution in [2.45, 2.75) is 36.8 Å². The summed E-state index contributed by atoms with van der Waals surface area (Å²) in [6.07, 6.45) is 0.271. The zero-order chi connectivity index (χ0) is 15.2. The molecule has 3 rings (SSSR count). The van der Waals surface area contributed by atoms with Gasteiger partial charge in [-0.1, -0.05) is 0 Å². The third-order valence-corrected chi connectivity index (χ3v) is 5.89. The van der Waals surface area contributed by atoms with Crippen LogP contribution in [0.5, 0.6) is 0 Å².